The molecule has 0 aromatic heterocycles. The van der Waals surface area contributed by atoms with Gasteiger partial charge in [0.2, 0.25) is 5.78 Å². The van der Waals surface area contributed by atoms with E-state index in [1.54, 1.807) is 27.1 Å². The number of Topliss-reactive ketones (excluding diaryl/α,β-unsaturated/α-hetero) is 2. The molecule has 1 saturated carbocycles. The Morgan fingerprint density at radius 1 is 1.09 bits per heavy atom. The Kier molecular flexibility index (Phi) is 8.10. The van der Waals surface area contributed by atoms with Crippen LogP contribution in [0.3, 0.4) is 0 Å². The molecule has 1 fully saturated rings. The number of rotatable bonds is 8. The van der Waals surface area contributed by atoms with Crippen LogP contribution >= 0.6 is 0 Å². The number of hydrogen-bond acceptors (Lipinski definition) is 11. The molecule has 2 aromatic carbocycles. The van der Waals surface area contributed by atoms with Crippen molar-refractivity contribution in [2.45, 2.75) is 38.0 Å². The molecule has 44 heavy (non-hydrogen) atoms. The summed E-state index contributed by atoms with van der Waals surface area (Å²) in [6.07, 6.45) is 0.188. The van der Waals surface area contributed by atoms with Crippen LogP contribution in [0.5, 0.6) is 5.75 Å². The summed E-state index contributed by atoms with van der Waals surface area (Å²) in [5.74, 6) is -7.25. The van der Waals surface area contributed by atoms with E-state index in [1.165, 1.54) is 11.0 Å². The molecule has 1 unspecified atom stereocenters. The van der Waals surface area contributed by atoms with Gasteiger partial charge in [-0.05, 0) is 68.1 Å². The Bertz CT molecular complexity index is 1630. The van der Waals surface area contributed by atoms with Crippen LogP contribution in [0.15, 0.2) is 53.3 Å². The first-order valence-corrected chi connectivity index (χ1v) is 14.3. The summed E-state index contributed by atoms with van der Waals surface area (Å²) in [7, 11) is 3.11. The number of likely N-dealkylation sites (N-methyl/N-ethyl adjacent to an activating group) is 1. The average molecular weight is 606 g/mol. The molecule has 7 N–H and O–H groups in total. The Morgan fingerprint density at radius 3 is 2.39 bits per heavy atom. The Morgan fingerprint density at radius 2 is 1.77 bits per heavy atom. The molecule has 0 saturated heterocycles. The van der Waals surface area contributed by atoms with Crippen molar-refractivity contribution in [1.82, 2.24) is 10.2 Å². The SMILES string of the molecule is CCOC(=O)CNCc1ccc(-c2ccc(O)c3c2C[C@H]2C[C@H]4C(N(C)C)C(=O)C(C(N)=O)=C(O)[C@@]4(O)C(=O)C2=C3O)cc1. The highest BCUT2D eigenvalue weighted by Crippen LogP contribution is 2.53. The molecule has 0 aliphatic heterocycles. The first kappa shape index (κ1) is 30.9. The number of carbonyl (C=O) groups excluding carboxylic acids is 4. The standard InChI is InChI=1S/C32H35N3O9/c1-4-44-22(37)14-34-13-15-5-7-16(8-6-15)18-9-10-21(36)24-19(18)11-17-12-20-26(35(2)3)28(39)25(31(33)42)30(41)32(20,43)29(40)23(17)27(24)38/h5-10,17,20,26,34,36,38,41,43H,4,11-14H2,1-3H3,(H2,33,42)/t17-,20-,26?,32-/m0/s1. The number of hydrogen-bond donors (Lipinski definition) is 6. The topological polar surface area (TPSA) is 200 Å². The lowest BCUT2D eigenvalue weighted by molar-refractivity contribution is -0.153. The zero-order valence-electron chi connectivity index (χ0n) is 24.6. The number of benzene rings is 2. The van der Waals surface area contributed by atoms with Crippen LogP contribution in [-0.2, 0) is 36.9 Å². The van der Waals surface area contributed by atoms with Gasteiger partial charge >= 0.3 is 5.97 Å². The summed E-state index contributed by atoms with van der Waals surface area (Å²) in [4.78, 5) is 52.5. The van der Waals surface area contributed by atoms with E-state index in [4.69, 9.17) is 10.5 Å². The van der Waals surface area contributed by atoms with Crippen molar-refractivity contribution in [3.63, 3.8) is 0 Å². The molecule has 1 amide bonds. The fourth-order valence-corrected chi connectivity index (χ4v) is 6.84. The van der Waals surface area contributed by atoms with Crippen LogP contribution in [0.25, 0.3) is 16.9 Å². The highest BCUT2D eigenvalue weighted by molar-refractivity contribution is 6.24. The maximum atomic E-state index is 14.0. The smallest absolute Gasteiger partial charge is 0.319 e. The number of aromatic hydroxyl groups is 1. The first-order chi connectivity index (χ1) is 20.8. The number of primary amides is 1. The molecular weight excluding hydrogens is 570 g/mol. The molecule has 232 valence electrons. The lowest BCUT2D eigenvalue weighted by atomic mass is 9.57. The maximum Gasteiger partial charge on any atom is 0.319 e. The number of nitrogens with one attached hydrogen (secondary N) is 1. The molecule has 0 bridgehead atoms. The molecule has 0 radical (unpaired) electrons. The number of amides is 1. The second-order valence-corrected chi connectivity index (χ2v) is 11.6. The fraction of sp³-hybridized carbons (Fsp3) is 0.375. The van der Waals surface area contributed by atoms with E-state index in [1.807, 2.05) is 24.3 Å². The number of aliphatic hydroxyl groups excluding tert-OH is 2. The van der Waals surface area contributed by atoms with E-state index in [9.17, 15) is 39.6 Å². The van der Waals surface area contributed by atoms with Gasteiger partial charge in [0.25, 0.3) is 5.91 Å². The van der Waals surface area contributed by atoms with Crippen molar-refractivity contribution in [2.75, 3.05) is 27.2 Å². The van der Waals surface area contributed by atoms with E-state index in [2.05, 4.69) is 5.32 Å². The van der Waals surface area contributed by atoms with Crippen molar-refractivity contribution in [2.24, 2.45) is 17.6 Å². The molecular formula is C32H35N3O9. The van der Waals surface area contributed by atoms with E-state index in [-0.39, 0.29) is 42.2 Å². The first-order valence-electron chi connectivity index (χ1n) is 14.3. The van der Waals surface area contributed by atoms with Crippen molar-refractivity contribution < 1.29 is 44.3 Å². The summed E-state index contributed by atoms with van der Waals surface area (Å²) in [6, 6.07) is 9.44. The Labute approximate surface area is 253 Å². The number of ketones is 2. The highest BCUT2D eigenvalue weighted by Gasteiger charge is 2.64. The van der Waals surface area contributed by atoms with Gasteiger partial charge in [0, 0.05) is 18.0 Å². The summed E-state index contributed by atoms with van der Waals surface area (Å²) >= 11 is 0. The van der Waals surface area contributed by atoms with Gasteiger partial charge < -0.3 is 36.2 Å². The minimum atomic E-state index is -2.69. The number of nitrogens with two attached hydrogens (primary N) is 1. The second-order valence-electron chi connectivity index (χ2n) is 11.6. The lowest BCUT2D eigenvalue weighted by Crippen LogP contribution is -2.65. The Hall–Kier alpha value is -4.52. The largest absolute Gasteiger partial charge is 0.508 e. The predicted molar refractivity (Wildman–Crippen MR) is 158 cm³/mol. The highest BCUT2D eigenvalue weighted by atomic mass is 16.5. The average Bonchev–Trinajstić information content (AvgIpc) is 2.95. The second kappa shape index (κ2) is 11.5. The van der Waals surface area contributed by atoms with Crippen molar-refractivity contribution in [1.29, 1.82) is 0 Å². The van der Waals surface area contributed by atoms with Crippen LogP contribution in [0, 0.1) is 11.8 Å². The zero-order chi connectivity index (χ0) is 32.1. The van der Waals surface area contributed by atoms with Gasteiger partial charge in [0.15, 0.2) is 11.4 Å². The molecule has 12 heteroatoms. The number of fused-ring (bicyclic) bond motifs is 3. The minimum Gasteiger partial charge on any atom is -0.508 e. The minimum absolute atomic E-state index is 0.00588. The number of nitrogens with zero attached hydrogens (tertiary/aromatic N) is 1. The quantitative estimate of drug-likeness (QED) is 0.187. The summed E-state index contributed by atoms with van der Waals surface area (Å²) in [5, 5.41) is 48.0. The van der Waals surface area contributed by atoms with E-state index < -0.39 is 58.0 Å². The third kappa shape index (κ3) is 4.84. The monoisotopic (exact) mass is 605 g/mol. The van der Waals surface area contributed by atoms with Crippen LogP contribution in [0.1, 0.15) is 30.0 Å². The number of phenols is 1. The van der Waals surface area contributed by atoms with Crippen molar-refractivity contribution >= 4 is 29.2 Å². The molecule has 12 nitrogen and oxygen atoms in total. The van der Waals surface area contributed by atoms with Crippen LogP contribution in [-0.4, -0.2) is 87.7 Å². The maximum absolute atomic E-state index is 14.0. The molecule has 0 heterocycles. The van der Waals surface area contributed by atoms with E-state index >= 15 is 0 Å². The number of carbonyl (C=O) groups is 4. The molecule has 3 aliphatic rings. The summed E-state index contributed by atoms with van der Waals surface area (Å²) < 4.78 is 4.92. The molecule has 5 rings (SSSR count). The van der Waals surface area contributed by atoms with Gasteiger partial charge in [-0.2, -0.15) is 0 Å². The van der Waals surface area contributed by atoms with Crippen LogP contribution in [0.4, 0.5) is 0 Å². The fourth-order valence-electron chi connectivity index (χ4n) is 6.84. The van der Waals surface area contributed by atoms with Crippen LogP contribution < -0.4 is 11.1 Å². The number of aliphatic hydroxyl groups is 3. The number of esters is 1. The van der Waals surface area contributed by atoms with Crippen LogP contribution in [0.2, 0.25) is 0 Å². The summed E-state index contributed by atoms with van der Waals surface area (Å²) in [5.41, 5.74) is 4.62. The van der Waals surface area contributed by atoms with Crippen molar-refractivity contribution in [3.05, 3.63) is 70.0 Å². The van der Waals surface area contributed by atoms with Gasteiger partial charge in [0.1, 0.15) is 22.8 Å². The Balaban J connectivity index is 1.54. The molecule has 2 aromatic rings. The van der Waals surface area contributed by atoms with E-state index in [0.717, 1.165) is 11.1 Å². The predicted octanol–water partition coefficient (Wildman–Crippen LogP) is 1.28. The summed E-state index contributed by atoms with van der Waals surface area (Å²) in [6.45, 7) is 2.54. The van der Waals surface area contributed by atoms with Gasteiger partial charge in [-0.3, -0.25) is 24.1 Å². The van der Waals surface area contributed by atoms with Gasteiger partial charge in [0.05, 0.1) is 24.8 Å². The lowest BCUT2D eigenvalue weighted by Gasteiger charge is -2.50. The van der Waals surface area contributed by atoms with Gasteiger partial charge in [-0.1, -0.05) is 30.3 Å². The third-order valence-corrected chi connectivity index (χ3v) is 8.77. The third-order valence-electron chi connectivity index (χ3n) is 8.77. The van der Waals surface area contributed by atoms with Gasteiger partial charge in [-0.15, -0.1) is 0 Å². The van der Waals surface area contributed by atoms with Gasteiger partial charge in [-0.25, -0.2) is 0 Å². The molecule has 3 aliphatic carbocycles. The van der Waals surface area contributed by atoms with Crippen molar-refractivity contribution in [3.8, 4) is 16.9 Å². The molecule has 4 atom stereocenters. The number of ether oxygens (including phenoxy) is 1. The normalized spacial score (nSPS) is 24.6. The molecule has 0 spiro atoms. The zero-order valence-corrected chi connectivity index (χ0v) is 24.6. The van der Waals surface area contributed by atoms with E-state index in [0.29, 0.717) is 24.3 Å². The number of phenolic OH excluding ortho intramolecular Hbond substituents is 1.